The summed E-state index contributed by atoms with van der Waals surface area (Å²) in [6.45, 7) is 0. The van der Waals surface area contributed by atoms with E-state index in [9.17, 15) is 9.59 Å². The first kappa shape index (κ1) is 20.6. The lowest BCUT2D eigenvalue weighted by Gasteiger charge is -2.18. The minimum atomic E-state index is -0.0928. The fraction of sp³-hybridized carbons (Fsp3) is 0.208. The summed E-state index contributed by atoms with van der Waals surface area (Å²) in [6, 6.07) is 11.2. The fourth-order valence-electron chi connectivity index (χ4n) is 3.95. The van der Waals surface area contributed by atoms with Crippen molar-refractivity contribution in [2.75, 3.05) is 26.5 Å². The second kappa shape index (κ2) is 8.01. The predicted molar refractivity (Wildman–Crippen MR) is 124 cm³/mol. The molecule has 166 valence electrons. The first-order valence-electron chi connectivity index (χ1n) is 10.5. The summed E-state index contributed by atoms with van der Waals surface area (Å²) in [5, 5.41) is 2.82. The number of nitrogens with one attached hydrogen (secondary N) is 1. The quantitative estimate of drug-likeness (QED) is 0.521. The van der Waals surface area contributed by atoms with E-state index in [-0.39, 0.29) is 11.8 Å². The second-order valence-corrected chi connectivity index (χ2v) is 8.01. The van der Waals surface area contributed by atoms with E-state index in [1.165, 1.54) is 4.90 Å². The molecule has 0 atom stereocenters. The topological polar surface area (TPSA) is 102 Å². The standard InChI is InChI=1S/C24H22N6O3/c1-29(2)24(32)16-4-6-19-18(11-16)27-23(15-8-9-25-21(12-15)33-3)30(19)17-10-14-5-7-20(31)28-22(14)26-13-17/h4,6,8-13H,5,7H2,1-3H3,(H,26,28,31). The van der Waals surface area contributed by atoms with E-state index >= 15 is 0 Å². The normalized spacial score (nSPS) is 12.9. The molecule has 4 heterocycles. The number of rotatable bonds is 4. The van der Waals surface area contributed by atoms with Gasteiger partial charge in [-0.1, -0.05) is 0 Å². The molecule has 0 saturated carbocycles. The molecule has 0 aliphatic carbocycles. The van der Waals surface area contributed by atoms with Crippen LogP contribution in [0.5, 0.6) is 5.88 Å². The molecular formula is C24H22N6O3. The Morgan fingerprint density at radius 2 is 1.97 bits per heavy atom. The Morgan fingerprint density at radius 3 is 2.76 bits per heavy atom. The zero-order valence-electron chi connectivity index (χ0n) is 18.5. The number of benzene rings is 1. The highest BCUT2D eigenvalue weighted by Gasteiger charge is 2.21. The lowest BCUT2D eigenvalue weighted by molar-refractivity contribution is -0.116. The molecule has 0 radical (unpaired) electrons. The number of methoxy groups -OCH3 is 1. The van der Waals surface area contributed by atoms with Crippen molar-refractivity contribution in [1.29, 1.82) is 0 Å². The van der Waals surface area contributed by atoms with Crippen molar-refractivity contribution in [2.45, 2.75) is 12.8 Å². The zero-order valence-corrected chi connectivity index (χ0v) is 18.5. The summed E-state index contributed by atoms with van der Waals surface area (Å²) in [5.41, 5.74) is 4.65. The number of aromatic nitrogens is 4. The number of pyridine rings is 2. The number of fused-ring (bicyclic) bond motifs is 2. The lowest BCUT2D eigenvalue weighted by Crippen LogP contribution is -2.21. The van der Waals surface area contributed by atoms with Crippen LogP contribution in [0.25, 0.3) is 28.1 Å². The SMILES string of the molecule is COc1cc(-c2nc3cc(C(=O)N(C)C)ccc3n2-c2cnc3c(c2)CCC(=O)N3)ccn1. The average Bonchev–Trinajstić information content (AvgIpc) is 3.22. The number of carbonyl (C=O) groups is 2. The van der Waals surface area contributed by atoms with Crippen molar-refractivity contribution in [3.63, 3.8) is 0 Å². The number of imidazole rings is 1. The molecule has 1 aliphatic heterocycles. The number of ether oxygens (including phenoxy) is 1. The Morgan fingerprint density at radius 1 is 1.12 bits per heavy atom. The van der Waals surface area contributed by atoms with Crippen molar-refractivity contribution in [3.8, 4) is 23.0 Å². The predicted octanol–water partition coefficient (Wildman–Crippen LogP) is 3.08. The van der Waals surface area contributed by atoms with Gasteiger partial charge in [0.2, 0.25) is 11.8 Å². The van der Waals surface area contributed by atoms with E-state index in [1.54, 1.807) is 45.7 Å². The Labute approximate surface area is 190 Å². The van der Waals surface area contributed by atoms with Gasteiger partial charge in [-0.3, -0.25) is 14.2 Å². The van der Waals surface area contributed by atoms with Gasteiger partial charge >= 0.3 is 0 Å². The van der Waals surface area contributed by atoms with Crippen LogP contribution in [0.3, 0.4) is 0 Å². The van der Waals surface area contributed by atoms with Crippen LogP contribution in [-0.4, -0.2) is 57.4 Å². The molecule has 0 saturated heterocycles. The monoisotopic (exact) mass is 442 g/mol. The van der Waals surface area contributed by atoms with Gasteiger partial charge in [-0.05, 0) is 42.3 Å². The molecule has 4 aromatic rings. The van der Waals surface area contributed by atoms with E-state index in [0.29, 0.717) is 41.4 Å². The molecule has 9 heteroatoms. The minimum absolute atomic E-state index is 0.0292. The molecule has 5 rings (SSSR count). The molecule has 0 bridgehead atoms. The number of carbonyl (C=O) groups excluding carboxylic acids is 2. The molecule has 0 fully saturated rings. The van der Waals surface area contributed by atoms with Crippen molar-refractivity contribution >= 4 is 28.7 Å². The first-order chi connectivity index (χ1) is 15.9. The van der Waals surface area contributed by atoms with Gasteiger partial charge in [0.25, 0.3) is 5.91 Å². The number of nitrogens with zero attached hydrogens (tertiary/aromatic N) is 5. The van der Waals surface area contributed by atoms with Gasteiger partial charge in [0.1, 0.15) is 11.6 Å². The molecule has 1 aliphatic rings. The molecule has 33 heavy (non-hydrogen) atoms. The Balaban J connectivity index is 1.73. The molecule has 0 spiro atoms. The van der Waals surface area contributed by atoms with Crippen LogP contribution < -0.4 is 10.1 Å². The van der Waals surface area contributed by atoms with Gasteiger partial charge in [-0.25, -0.2) is 15.0 Å². The number of hydrogen-bond acceptors (Lipinski definition) is 6. The van der Waals surface area contributed by atoms with Crippen molar-refractivity contribution in [3.05, 3.63) is 59.9 Å². The third kappa shape index (κ3) is 3.67. The van der Waals surface area contributed by atoms with Gasteiger partial charge in [0.05, 0.1) is 30.0 Å². The van der Waals surface area contributed by atoms with Crippen molar-refractivity contribution < 1.29 is 14.3 Å². The summed E-state index contributed by atoms with van der Waals surface area (Å²) in [5.74, 6) is 1.61. The van der Waals surface area contributed by atoms with Crippen LogP contribution in [0.2, 0.25) is 0 Å². The van der Waals surface area contributed by atoms with E-state index in [0.717, 1.165) is 22.3 Å². The lowest BCUT2D eigenvalue weighted by atomic mass is 10.1. The van der Waals surface area contributed by atoms with Gasteiger partial charge < -0.3 is 15.0 Å². The van der Waals surface area contributed by atoms with Crippen LogP contribution in [0.1, 0.15) is 22.3 Å². The largest absolute Gasteiger partial charge is 0.481 e. The van der Waals surface area contributed by atoms with Crippen LogP contribution in [-0.2, 0) is 11.2 Å². The van der Waals surface area contributed by atoms with Gasteiger partial charge in [0.15, 0.2) is 0 Å². The number of hydrogen-bond donors (Lipinski definition) is 1. The molecule has 0 unspecified atom stereocenters. The molecule has 3 aromatic heterocycles. The van der Waals surface area contributed by atoms with Crippen LogP contribution in [0.15, 0.2) is 48.8 Å². The number of anilines is 1. The van der Waals surface area contributed by atoms with Gasteiger partial charge in [-0.2, -0.15) is 0 Å². The molecule has 9 nitrogen and oxygen atoms in total. The second-order valence-electron chi connectivity index (χ2n) is 8.01. The molecular weight excluding hydrogens is 420 g/mol. The highest BCUT2D eigenvalue weighted by atomic mass is 16.5. The van der Waals surface area contributed by atoms with Crippen LogP contribution in [0.4, 0.5) is 5.82 Å². The van der Waals surface area contributed by atoms with Gasteiger partial charge in [0, 0.05) is 43.9 Å². The Kier molecular flexibility index (Phi) is 5.01. The average molecular weight is 442 g/mol. The van der Waals surface area contributed by atoms with E-state index in [1.807, 2.05) is 28.8 Å². The first-order valence-corrected chi connectivity index (χ1v) is 10.5. The Hall–Kier alpha value is -4.27. The summed E-state index contributed by atoms with van der Waals surface area (Å²) in [7, 11) is 5.00. The third-order valence-electron chi connectivity index (χ3n) is 5.60. The maximum atomic E-state index is 12.5. The fourth-order valence-corrected chi connectivity index (χ4v) is 3.95. The molecule has 2 amide bonds. The maximum absolute atomic E-state index is 12.5. The minimum Gasteiger partial charge on any atom is -0.481 e. The smallest absolute Gasteiger partial charge is 0.253 e. The number of amides is 2. The summed E-state index contributed by atoms with van der Waals surface area (Å²) in [4.78, 5) is 39.3. The van der Waals surface area contributed by atoms with Crippen molar-refractivity contribution in [1.82, 2.24) is 24.4 Å². The van der Waals surface area contributed by atoms with E-state index in [2.05, 4.69) is 15.3 Å². The summed E-state index contributed by atoms with van der Waals surface area (Å²) < 4.78 is 7.30. The van der Waals surface area contributed by atoms with E-state index in [4.69, 9.17) is 9.72 Å². The molecule has 1 N–H and O–H groups in total. The highest BCUT2D eigenvalue weighted by molar-refractivity contribution is 5.98. The highest BCUT2D eigenvalue weighted by Crippen LogP contribution is 2.32. The zero-order chi connectivity index (χ0) is 23.1. The molecule has 1 aromatic carbocycles. The number of aryl methyl sites for hydroxylation is 1. The summed E-state index contributed by atoms with van der Waals surface area (Å²) >= 11 is 0. The van der Waals surface area contributed by atoms with Gasteiger partial charge in [-0.15, -0.1) is 0 Å². The van der Waals surface area contributed by atoms with Crippen molar-refractivity contribution in [2.24, 2.45) is 0 Å². The van der Waals surface area contributed by atoms with E-state index < -0.39 is 0 Å². The summed E-state index contributed by atoms with van der Waals surface area (Å²) in [6.07, 6.45) is 4.42. The maximum Gasteiger partial charge on any atom is 0.253 e. The van der Waals surface area contributed by atoms with Crippen LogP contribution in [0, 0.1) is 0 Å². The third-order valence-corrected chi connectivity index (χ3v) is 5.60. The Bertz CT molecular complexity index is 1410. The van der Waals surface area contributed by atoms with Crippen LogP contribution >= 0.6 is 0 Å².